The summed E-state index contributed by atoms with van der Waals surface area (Å²) < 4.78 is 5.26. The van der Waals surface area contributed by atoms with Crippen LogP contribution in [0.4, 0.5) is 11.4 Å². The average Bonchev–Trinajstić information content (AvgIpc) is 2.41. The second-order valence-electron chi connectivity index (χ2n) is 5.13. The Balaban J connectivity index is 1.77. The number of nitrogens with two attached hydrogens (primary N) is 2. The van der Waals surface area contributed by atoms with Gasteiger partial charge in [-0.15, -0.1) is 0 Å². The zero-order valence-electron chi connectivity index (χ0n) is 11.8. The molecule has 1 saturated heterocycles. The number of carbonyl (C=O) groups excluding carboxylic acids is 1. The Morgan fingerprint density at radius 2 is 1.95 bits per heavy atom. The molecule has 110 valence electrons. The Bertz CT molecular complexity index is 470. The molecule has 0 bridgehead atoms. The third kappa shape index (κ3) is 3.85. The molecule has 6 heteroatoms. The lowest BCUT2D eigenvalue weighted by Crippen LogP contribution is -2.45. The summed E-state index contributed by atoms with van der Waals surface area (Å²) in [7, 11) is 2.11. The number of nitrogens with zero attached hydrogens (tertiary/aromatic N) is 2. The van der Waals surface area contributed by atoms with Crippen LogP contribution in [0.2, 0.25) is 0 Å². The van der Waals surface area contributed by atoms with Crippen molar-refractivity contribution in [2.75, 3.05) is 57.8 Å². The molecule has 0 atom stereocenters. The van der Waals surface area contributed by atoms with Gasteiger partial charge in [-0.2, -0.15) is 0 Å². The van der Waals surface area contributed by atoms with Crippen molar-refractivity contribution in [3.8, 4) is 0 Å². The van der Waals surface area contributed by atoms with Gasteiger partial charge in [-0.05, 0) is 25.2 Å². The van der Waals surface area contributed by atoms with Gasteiger partial charge in [0.15, 0.2) is 0 Å². The minimum Gasteiger partial charge on any atom is -0.461 e. The maximum atomic E-state index is 11.9. The number of esters is 1. The van der Waals surface area contributed by atoms with E-state index in [0.29, 0.717) is 23.5 Å². The van der Waals surface area contributed by atoms with Gasteiger partial charge in [-0.1, -0.05) is 0 Å². The summed E-state index contributed by atoms with van der Waals surface area (Å²) in [6.07, 6.45) is 0. The maximum Gasteiger partial charge on any atom is 0.340 e. The van der Waals surface area contributed by atoms with E-state index in [9.17, 15) is 4.79 Å². The Morgan fingerprint density at radius 3 is 2.60 bits per heavy atom. The lowest BCUT2D eigenvalue weighted by atomic mass is 10.1. The largest absolute Gasteiger partial charge is 0.461 e. The summed E-state index contributed by atoms with van der Waals surface area (Å²) in [5.74, 6) is -0.392. The van der Waals surface area contributed by atoms with Crippen molar-refractivity contribution < 1.29 is 9.53 Å². The number of ether oxygens (including phenoxy) is 1. The number of anilines is 2. The summed E-state index contributed by atoms with van der Waals surface area (Å²) in [5, 5.41) is 0. The molecule has 0 aliphatic carbocycles. The molecule has 0 radical (unpaired) electrons. The van der Waals surface area contributed by atoms with Crippen molar-refractivity contribution in [2.24, 2.45) is 0 Å². The van der Waals surface area contributed by atoms with Gasteiger partial charge in [-0.25, -0.2) is 4.79 Å². The fraction of sp³-hybridized carbons (Fsp3) is 0.500. The Morgan fingerprint density at radius 1 is 1.25 bits per heavy atom. The molecule has 20 heavy (non-hydrogen) atoms. The number of benzene rings is 1. The smallest absolute Gasteiger partial charge is 0.340 e. The van der Waals surface area contributed by atoms with Gasteiger partial charge in [0.1, 0.15) is 6.61 Å². The minimum absolute atomic E-state index is 0.356. The van der Waals surface area contributed by atoms with Crippen LogP contribution in [0, 0.1) is 0 Å². The minimum atomic E-state index is -0.392. The van der Waals surface area contributed by atoms with Crippen LogP contribution in [-0.4, -0.2) is 62.1 Å². The predicted molar refractivity (Wildman–Crippen MR) is 79.5 cm³/mol. The number of carbonyl (C=O) groups is 1. The first-order valence-electron chi connectivity index (χ1n) is 6.79. The normalized spacial score (nSPS) is 17.1. The quantitative estimate of drug-likeness (QED) is 0.607. The number of likely N-dealkylation sites (N-methyl/N-ethyl adjacent to an activating group) is 1. The Hall–Kier alpha value is -1.79. The van der Waals surface area contributed by atoms with E-state index in [1.807, 2.05) is 0 Å². The molecule has 0 amide bonds. The van der Waals surface area contributed by atoms with Gasteiger partial charge in [0.05, 0.1) is 5.56 Å². The highest BCUT2D eigenvalue weighted by atomic mass is 16.5. The van der Waals surface area contributed by atoms with Crippen LogP contribution in [0.3, 0.4) is 0 Å². The van der Waals surface area contributed by atoms with E-state index < -0.39 is 5.97 Å². The van der Waals surface area contributed by atoms with Crippen LogP contribution in [0.25, 0.3) is 0 Å². The van der Waals surface area contributed by atoms with Crippen LogP contribution < -0.4 is 11.5 Å². The van der Waals surface area contributed by atoms with Crippen molar-refractivity contribution in [1.29, 1.82) is 0 Å². The average molecular weight is 278 g/mol. The predicted octanol–water partition coefficient (Wildman–Crippen LogP) is 0.255. The van der Waals surface area contributed by atoms with Crippen LogP contribution in [0.5, 0.6) is 0 Å². The first-order valence-corrected chi connectivity index (χ1v) is 6.79. The summed E-state index contributed by atoms with van der Waals surface area (Å²) >= 11 is 0. The van der Waals surface area contributed by atoms with Crippen LogP contribution >= 0.6 is 0 Å². The number of piperazine rings is 1. The van der Waals surface area contributed by atoms with Crippen LogP contribution in [0.15, 0.2) is 18.2 Å². The summed E-state index contributed by atoms with van der Waals surface area (Å²) in [6.45, 7) is 5.27. The van der Waals surface area contributed by atoms with Crippen molar-refractivity contribution in [2.45, 2.75) is 0 Å². The lowest BCUT2D eigenvalue weighted by molar-refractivity contribution is 0.0433. The van der Waals surface area contributed by atoms with Gasteiger partial charge in [0.2, 0.25) is 0 Å². The van der Waals surface area contributed by atoms with E-state index >= 15 is 0 Å². The van der Waals surface area contributed by atoms with Crippen molar-refractivity contribution in [3.05, 3.63) is 23.8 Å². The van der Waals surface area contributed by atoms with E-state index in [4.69, 9.17) is 16.2 Å². The van der Waals surface area contributed by atoms with E-state index in [0.717, 1.165) is 32.7 Å². The number of nitrogen functional groups attached to an aromatic ring is 2. The second-order valence-corrected chi connectivity index (χ2v) is 5.13. The molecule has 0 saturated carbocycles. The van der Waals surface area contributed by atoms with Crippen LogP contribution in [0.1, 0.15) is 10.4 Å². The first kappa shape index (κ1) is 14.6. The zero-order chi connectivity index (χ0) is 14.5. The Labute approximate surface area is 119 Å². The van der Waals surface area contributed by atoms with Crippen molar-refractivity contribution in [1.82, 2.24) is 9.80 Å². The molecular formula is C14H22N4O2. The molecule has 1 fully saturated rings. The van der Waals surface area contributed by atoms with E-state index in [2.05, 4.69) is 16.8 Å². The molecule has 1 aliphatic heterocycles. The van der Waals surface area contributed by atoms with Gasteiger partial charge in [-0.3, -0.25) is 4.90 Å². The molecule has 1 aliphatic rings. The van der Waals surface area contributed by atoms with Gasteiger partial charge in [0, 0.05) is 44.1 Å². The second kappa shape index (κ2) is 6.58. The summed E-state index contributed by atoms with van der Waals surface area (Å²) in [6, 6.07) is 4.81. The fourth-order valence-corrected chi connectivity index (χ4v) is 2.18. The number of rotatable bonds is 4. The van der Waals surface area contributed by atoms with Crippen molar-refractivity contribution >= 4 is 17.3 Å². The van der Waals surface area contributed by atoms with E-state index in [1.54, 1.807) is 18.2 Å². The lowest BCUT2D eigenvalue weighted by Gasteiger charge is -2.32. The number of hydrogen-bond acceptors (Lipinski definition) is 6. The SMILES string of the molecule is CN1CCN(CCOC(=O)c2ccc(N)cc2N)CC1. The van der Waals surface area contributed by atoms with Gasteiger partial charge in [0.25, 0.3) is 0 Å². The molecule has 4 N–H and O–H groups in total. The highest BCUT2D eigenvalue weighted by Gasteiger charge is 2.15. The highest BCUT2D eigenvalue weighted by Crippen LogP contribution is 2.16. The molecular weight excluding hydrogens is 256 g/mol. The standard InChI is InChI=1S/C14H22N4O2/c1-17-4-6-18(7-5-17)8-9-20-14(19)12-3-2-11(15)10-13(12)16/h2-3,10H,4-9,15-16H2,1H3. The summed E-state index contributed by atoms with van der Waals surface area (Å²) in [4.78, 5) is 16.5. The Kier molecular flexibility index (Phi) is 4.81. The molecule has 1 aromatic rings. The third-order valence-corrected chi connectivity index (χ3v) is 3.53. The first-order chi connectivity index (χ1) is 9.56. The van der Waals surface area contributed by atoms with Gasteiger partial charge >= 0.3 is 5.97 Å². The van der Waals surface area contributed by atoms with E-state index in [1.165, 1.54) is 0 Å². The molecule has 0 unspecified atom stereocenters. The molecule has 0 spiro atoms. The van der Waals surface area contributed by atoms with E-state index in [-0.39, 0.29) is 0 Å². The summed E-state index contributed by atoms with van der Waals surface area (Å²) in [5.41, 5.74) is 12.6. The zero-order valence-corrected chi connectivity index (χ0v) is 11.8. The molecule has 6 nitrogen and oxygen atoms in total. The molecule has 1 aromatic carbocycles. The topological polar surface area (TPSA) is 84.8 Å². The highest BCUT2D eigenvalue weighted by molar-refractivity contribution is 5.95. The number of hydrogen-bond donors (Lipinski definition) is 2. The van der Waals surface area contributed by atoms with Crippen LogP contribution in [-0.2, 0) is 4.74 Å². The molecule has 0 aromatic heterocycles. The third-order valence-electron chi connectivity index (χ3n) is 3.53. The molecule has 1 heterocycles. The molecule has 2 rings (SSSR count). The maximum absolute atomic E-state index is 11.9. The fourth-order valence-electron chi connectivity index (χ4n) is 2.18. The monoisotopic (exact) mass is 278 g/mol. The van der Waals surface area contributed by atoms with Gasteiger partial charge < -0.3 is 21.1 Å². The van der Waals surface area contributed by atoms with Crippen molar-refractivity contribution in [3.63, 3.8) is 0 Å².